The van der Waals surface area contributed by atoms with Crippen molar-refractivity contribution in [1.82, 2.24) is 0 Å². The van der Waals surface area contributed by atoms with Crippen molar-refractivity contribution in [3.05, 3.63) is 98.2 Å². The normalized spacial score (nSPS) is 13.5. The van der Waals surface area contributed by atoms with Crippen molar-refractivity contribution in [2.45, 2.75) is 19.8 Å². The number of amidine groups is 1. The van der Waals surface area contributed by atoms with Gasteiger partial charge in [0.1, 0.15) is 17.3 Å². The highest BCUT2D eigenvalue weighted by molar-refractivity contribution is 6.40. The van der Waals surface area contributed by atoms with Crippen molar-refractivity contribution in [2.75, 3.05) is 30.0 Å². The quantitative estimate of drug-likeness (QED) is 0.165. The zero-order valence-corrected chi connectivity index (χ0v) is 23.1. The molecule has 0 aromatic heterocycles. The summed E-state index contributed by atoms with van der Waals surface area (Å²) in [6.45, 7) is 2.87. The Balaban J connectivity index is 1.81. The molecule has 10 nitrogen and oxygen atoms in total. The van der Waals surface area contributed by atoms with Gasteiger partial charge in [-0.1, -0.05) is 29.8 Å². The minimum Gasteiger partial charge on any atom is -0.495 e. The third-order valence-electron chi connectivity index (χ3n) is 6.49. The Morgan fingerprint density at radius 2 is 1.80 bits per heavy atom. The van der Waals surface area contributed by atoms with Gasteiger partial charge >= 0.3 is 0 Å². The molecule has 4 rings (SSSR count). The maximum absolute atomic E-state index is 13.9. The monoisotopic (exact) mass is 568 g/mol. The zero-order valence-electron chi connectivity index (χ0n) is 22.4. The molecule has 1 amide bonds. The minimum atomic E-state index is -0.539. The third-order valence-corrected chi connectivity index (χ3v) is 6.82. The summed E-state index contributed by atoms with van der Waals surface area (Å²) in [5.74, 6) is 0.0832. The number of methoxy groups -OCH3 is 1. The molecular weight excluding hydrogens is 544 g/mol. The van der Waals surface area contributed by atoms with Gasteiger partial charge in [-0.3, -0.25) is 19.8 Å². The van der Waals surface area contributed by atoms with Crippen molar-refractivity contribution < 1.29 is 14.5 Å². The highest BCUT2D eigenvalue weighted by Crippen LogP contribution is 2.36. The number of ether oxygens (including phenoxy) is 1. The molecule has 0 bridgehead atoms. The molecule has 41 heavy (non-hydrogen) atoms. The molecule has 0 fully saturated rings. The number of hydrogen-bond donors (Lipinski definition) is 0. The molecule has 0 N–H and O–H groups in total. The van der Waals surface area contributed by atoms with E-state index >= 15 is 0 Å². The summed E-state index contributed by atoms with van der Waals surface area (Å²) in [7, 11) is 1.48. The molecule has 0 atom stereocenters. The van der Waals surface area contributed by atoms with Crippen LogP contribution >= 0.6 is 11.6 Å². The number of nitriles is 2. The van der Waals surface area contributed by atoms with Crippen LogP contribution in [0, 0.1) is 39.7 Å². The van der Waals surface area contributed by atoms with E-state index in [4.69, 9.17) is 26.9 Å². The number of hydrogen-bond acceptors (Lipinski definition) is 8. The van der Waals surface area contributed by atoms with Crippen LogP contribution in [0.25, 0.3) is 6.08 Å². The Kier molecular flexibility index (Phi) is 8.98. The van der Waals surface area contributed by atoms with Gasteiger partial charge in [-0.25, -0.2) is 4.99 Å². The molecule has 0 radical (unpaired) electrons. The van der Waals surface area contributed by atoms with Crippen molar-refractivity contribution in [3.8, 4) is 17.9 Å². The van der Waals surface area contributed by atoms with Crippen LogP contribution in [0.3, 0.4) is 0 Å². The number of carbonyl (C=O) groups is 1. The van der Waals surface area contributed by atoms with E-state index < -0.39 is 10.8 Å². The number of anilines is 2. The predicted molar refractivity (Wildman–Crippen MR) is 157 cm³/mol. The van der Waals surface area contributed by atoms with E-state index in [0.717, 1.165) is 16.8 Å². The Hall–Kier alpha value is -5.19. The van der Waals surface area contributed by atoms with Crippen molar-refractivity contribution in [3.63, 3.8) is 0 Å². The van der Waals surface area contributed by atoms with Crippen LogP contribution in [0.2, 0.25) is 5.02 Å². The largest absolute Gasteiger partial charge is 0.495 e. The highest BCUT2D eigenvalue weighted by atomic mass is 35.5. The first-order chi connectivity index (χ1) is 19.8. The number of amides is 1. The molecule has 0 spiro atoms. The number of nitrogens with zero attached hydrogens (tertiary/aromatic N) is 6. The molecule has 0 saturated carbocycles. The number of nitro benzene ring substituents is 1. The van der Waals surface area contributed by atoms with Crippen molar-refractivity contribution in [2.24, 2.45) is 4.99 Å². The number of halogens is 1. The van der Waals surface area contributed by atoms with E-state index in [-0.39, 0.29) is 27.8 Å². The second kappa shape index (κ2) is 12.8. The number of benzene rings is 3. The predicted octanol–water partition coefficient (Wildman–Crippen LogP) is 6.03. The van der Waals surface area contributed by atoms with Gasteiger partial charge in [-0.05, 0) is 54.5 Å². The second-order valence-electron chi connectivity index (χ2n) is 9.04. The van der Waals surface area contributed by atoms with Crippen LogP contribution in [0.5, 0.6) is 5.75 Å². The van der Waals surface area contributed by atoms with Crippen molar-refractivity contribution in [1.29, 1.82) is 10.5 Å². The third kappa shape index (κ3) is 6.19. The van der Waals surface area contributed by atoms with E-state index in [2.05, 4.69) is 17.1 Å². The van der Waals surface area contributed by atoms with Gasteiger partial charge in [0.25, 0.3) is 11.6 Å². The zero-order chi connectivity index (χ0) is 29.5. The van der Waals surface area contributed by atoms with Gasteiger partial charge in [0.2, 0.25) is 0 Å². The Bertz CT molecular complexity index is 1640. The topological polar surface area (TPSA) is 136 Å². The van der Waals surface area contributed by atoms with Crippen LogP contribution in [0.15, 0.2) is 71.4 Å². The Labute approximate surface area is 242 Å². The molecule has 3 aromatic carbocycles. The molecule has 1 aliphatic rings. The molecule has 1 heterocycles. The Morgan fingerprint density at radius 1 is 1.10 bits per heavy atom. The molecule has 206 valence electrons. The Morgan fingerprint density at radius 3 is 2.44 bits per heavy atom. The van der Waals surface area contributed by atoms with E-state index in [1.165, 1.54) is 30.2 Å². The SMILES string of the molecule is COc1ccccc1N1C(=O)/C(=C/c2ccc(N(CCC#N)CCC#N)cc2C)N=C1c1cc([N+](=O)[O-])ccc1Cl. The van der Waals surface area contributed by atoms with E-state index in [9.17, 15) is 14.9 Å². The number of para-hydroxylation sites is 2. The molecule has 0 saturated heterocycles. The number of nitro groups is 1. The summed E-state index contributed by atoms with van der Waals surface area (Å²) >= 11 is 6.47. The average Bonchev–Trinajstić information content (AvgIpc) is 3.29. The lowest BCUT2D eigenvalue weighted by Crippen LogP contribution is -2.33. The van der Waals surface area contributed by atoms with Crippen molar-refractivity contribution >= 4 is 46.5 Å². The fourth-order valence-electron chi connectivity index (χ4n) is 4.44. The smallest absolute Gasteiger partial charge is 0.282 e. The standard InChI is InChI=1S/C30H25ClN6O4/c1-20-17-22(35(15-5-13-32)16-6-14-33)10-9-21(20)18-26-30(38)36(27-7-3-4-8-28(27)41-2)29(34-26)24-19-23(37(39)40)11-12-25(24)31/h3-4,7-12,17-19H,5-6,15-16H2,1-2H3/b26-18-. The summed E-state index contributed by atoms with van der Waals surface area (Å²) in [5.41, 5.74) is 2.98. The van der Waals surface area contributed by atoms with Gasteiger partial charge in [-0.2, -0.15) is 10.5 Å². The summed E-state index contributed by atoms with van der Waals surface area (Å²) in [6, 6.07) is 20.8. The summed E-state index contributed by atoms with van der Waals surface area (Å²) in [6.07, 6.45) is 2.29. The van der Waals surface area contributed by atoms with Gasteiger partial charge in [0.15, 0.2) is 0 Å². The lowest BCUT2D eigenvalue weighted by Gasteiger charge is -2.23. The van der Waals surface area contributed by atoms with Crippen LogP contribution in [-0.2, 0) is 4.79 Å². The number of carbonyl (C=O) groups excluding carboxylic acids is 1. The molecule has 1 aliphatic heterocycles. The molecular formula is C30H25ClN6O4. The lowest BCUT2D eigenvalue weighted by atomic mass is 10.1. The van der Waals surface area contributed by atoms with Gasteiger partial charge in [0, 0.05) is 36.5 Å². The highest BCUT2D eigenvalue weighted by Gasteiger charge is 2.35. The molecule has 0 unspecified atom stereocenters. The van der Waals surface area contributed by atoms with Crippen LogP contribution in [-0.4, -0.2) is 36.9 Å². The fraction of sp³-hybridized carbons (Fsp3) is 0.200. The first kappa shape index (κ1) is 28.8. The average molecular weight is 569 g/mol. The first-order valence-corrected chi connectivity index (χ1v) is 13.0. The maximum atomic E-state index is 13.9. The minimum absolute atomic E-state index is 0.107. The van der Waals surface area contributed by atoms with Crippen LogP contribution < -0.4 is 14.5 Å². The fourth-order valence-corrected chi connectivity index (χ4v) is 4.64. The number of rotatable bonds is 10. The maximum Gasteiger partial charge on any atom is 0.282 e. The van der Waals surface area contributed by atoms with Gasteiger partial charge in [0.05, 0.1) is 47.7 Å². The second-order valence-corrected chi connectivity index (χ2v) is 9.45. The molecule has 3 aromatic rings. The first-order valence-electron chi connectivity index (χ1n) is 12.6. The van der Waals surface area contributed by atoms with E-state index in [1.54, 1.807) is 30.3 Å². The lowest BCUT2D eigenvalue weighted by molar-refractivity contribution is -0.384. The van der Waals surface area contributed by atoms with E-state index in [0.29, 0.717) is 37.4 Å². The van der Waals surface area contributed by atoms with Gasteiger partial charge in [-0.15, -0.1) is 0 Å². The van der Waals surface area contributed by atoms with Crippen LogP contribution in [0.1, 0.15) is 29.5 Å². The molecule has 11 heteroatoms. The number of aryl methyl sites for hydroxylation is 1. The number of aliphatic imine (C=N–C) groups is 1. The molecule has 0 aliphatic carbocycles. The number of non-ortho nitro benzene ring substituents is 1. The summed E-state index contributed by atoms with van der Waals surface area (Å²) in [5, 5.41) is 29.7. The van der Waals surface area contributed by atoms with Crippen LogP contribution in [0.4, 0.5) is 17.1 Å². The van der Waals surface area contributed by atoms with E-state index in [1.807, 2.05) is 30.0 Å². The summed E-state index contributed by atoms with van der Waals surface area (Å²) in [4.78, 5) is 32.8. The summed E-state index contributed by atoms with van der Waals surface area (Å²) < 4.78 is 5.49. The van der Waals surface area contributed by atoms with Gasteiger partial charge < -0.3 is 9.64 Å².